The summed E-state index contributed by atoms with van der Waals surface area (Å²) >= 11 is 0. The van der Waals surface area contributed by atoms with Crippen LogP contribution in [0.5, 0.6) is 5.88 Å². The number of aromatic nitrogens is 1. The Bertz CT molecular complexity index is 1150. The van der Waals surface area contributed by atoms with Gasteiger partial charge in [0.2, 0.25) is 5.88 Å². The van der Waals surface area contributed by atoms with Gasteiger partial charge < -0.3 is 20.9 Å². The highest BCUT2D eigenvalue weighted by molar-refractivity contribution is 6.15. The molecule has 0 atom stereocenters. The highest BCUT2D eigenvalue weighted by Gasteiger charge is 2.13. The van der Waals surface area contributed by atoms with E-state index in [0.717, 1.165) is 49.5 Å². The van der Waals surface area contributed by atoms with Crippen LogP contribution in [0.2, 0.25) is 0 Å². The summed E-state index contributed by atoms with van der Waals surface area (Å²) in [5, 5.41) is 8.68. The van der Waals surface area contributed by atoms with E-state index in [9.17, 15) is 0 Å². The summed E-state index contributed by atoms with van der Waals surface area (Å²) in [4.78, 5) is 6.63. The molecule has 7 heteroatoms. The minimum absolute atomic E-state index is 0.189. The standard InChI is InChI=1S/C26H29N5O2/c1-32-25-8-6-21(16-30-25)20-5-7-23(27)22(15-20)26(29)24(28)14-18-3-2-4-19(13-18)17-31-9-11-33-12-10-31/h2-8,13-16,29H,9-12,17,27-28H2,1H3/b24-14-,29-26?. The van der Waals surface area contributed by atoms with Crippen molar-refractivity contribution in [1.82, 2.24) is 9.88 Å². The second-order valence-electron chi connectivity index (χ2n) is 8.00. The van der Waals surface area contributed by atoms with E-state index in [1.165, 1.54) is 5.56 Å². The highest BCUT2D eigenvalue weighted by atomic mass is 16.5. The fraction of sp³-hybridized carbons (Fsp3) is 0.231. The third-order valence-corrected chi connectivity index (χ3v) is 5.67. The number of hydrogen-bond acceptors (Lipinski definition) is 7. The zero-order chi connectivity index (χ0) is 23.2. The molecule has 0 aliphatic carbocycles. The summed E-state index contributed by atoms with van der Waals surface area (Å²) in [5.41, 5.74) is 18.1. The topological polar surface area (TPSA) is 110 Å². The molecule has 2 aromatic carbocycles. The third-order valence-electron chi connectivity index (χ3n) is 5.67. The fourth-order valence-electron chi connectivity index (χ4n) is 3.83. The van der Waals surface area contributed by atoms with Gasteiger partial charge in [-0.05, 0) is 41.0 Å². The molecule has 4 rings (SSSR count). The number of nitrogen functional groups attached to an aromatic ring is 1. The molecule has 1 aliphatic rings. The number of hydrogen-bond donors (Lipinski definition) is 3. The van der Waals surface area contributed by atoms with Gasteiger partial charge in [-0.2, -0.15) is 0 Å². The molecule has 0 radical (unpaired) electrons. The SMILES string of the molecule is COc1ccc(-c2ccc(N)c(C(=N)/C(N)=C/c3cccc(CN4CCOCC4)c3)c2)cn1. The van der Waals surface area contributed by atoms with Gasteiger partial charge in [0.05, 0.1) is 31.7 Å². The van der Waals surface area contributed by atoms with Crippen LogP contribution in [-0.2, 0) is 11.3 Å². The molecule has 170 valence electrons. The Balaban J connectivity index is 1.54. The Kier molecular flexibility index (Phi) is 7.02. The first kappa shape index (κ1) is 22.5. The Morgan fingerprint density at radius 2 is 1.91 bits per heavy atom. The molecule has 0 bridgehead atoms. The van der Waals surface area contributed by atoms with Crippen molar-refractivity contribution >= 4 is 17.5 Å². The van der Waals surface area contributed by atoms with E-state index in [1.54, 1.807) is 25.4 Å². The molecular formula is C26H29N5O2. The van der Waals surface area contributed by atoms with Gasteiger partial charge in [-0.1, -0.05) is 30.3 Å². The second kappa shape index (κ2) is 10.3. The Morgan fingerprint density at radius 3 is 2.64 bits per heavy atom. The summed E-state index contributed by atoms with van der Waals surface area (Å²) in [6.07, 6.45) is 3.56. The molecule has 2 heterocycles. The van der Waals surface area contributed by atoms with Crippen LogP contribution >= 0.6 is 0 Å². The number of rotatable bonds is 7. The van der Waals surface area contributed by atoms with Crippen LogP contribution in [0.3, 0.4) is 0 Å². The molecule has 3 aromatic rings. The van der Waals surface area contributed by atoms with Gasteiger partial charge in [-0.3, -0.25) is 10.3 Å². The van der Waals surface area contributed by atoms with Gasteiger partial charge in [-0.15, -0.1) is 0 Å². The van der Waals surface area contributed by atoms with Crippen molar-refractivity contribution in [2.75, 3.05) is 39.1 Å². The number of anilines is 1. The maximum absolute atomic E-state index is 8.68. The maximum atomic E-state index is 8.68. The first-order chi connectivity index (χ1) is 16.0. The highest BCUT2D eigenvalue weighted by Crippen LogP contribution is 2.26. The van der Waals surface area contributed by atoms with Gasteiger partial charge in [0, 0.05) is 48.7 Å². The van der Waals surface area contributed by atoms with E-state index in [4.69, 9.17) is 26.4 Å². The molecule has 0 saturated carbocycles. The first-order valence-electron chi connectivity index (χ1n) is 10.9. The summed E-state index contributed by atoms with van der Waals surface area (Å²) in [7, 11) is 1.58. The number of pyridine rings is 1. The van der Waals surface area contributed by atoms with Crippen LogP contribution in [0.15, 0.2) is 66.5 Å². The predicted molar refractivity (Wildman–Crippen MR) is 132 cm³/mol. The summed E-state index contributed by atoms with van der Waals surface area (Å²) in [6, 6.07) is 17.5. The van der Waals surface area contributed by atoms with Crippen molar-refractivity contribution < 1.29 is 9.47 Å². The number of nitrogens with zero attached hydrogens (tertiary/aromatic N) is 2. The van der Waals surface area contributed by atoms with Crippen molar-refractivity contribution in [2.45, 2.75) is 6.54 Å². The molecule has 1 saturated heterocycles. The molecule has 33 heavy (non-hydrogen) atoms. The lowest BCUT2D eigenvalue weighted by atomic mass is 9.98. The summed E-state index contributed by atoms with van der Waals surface area (Å²) in [6.45, 7) is 4.29. The lowest BCUT2D eigenvalue weighted by Crippen LogP contribution is -2.35. The lowest BCUT2D eigenvalue weighted by Gasteiger charge is -2.26. The smallest absolute Gasteiger partial charge is 0.212 e. The molecule has 7 nitrogen and oxygen atoms in total. The van der Waals surface area contributed by atoms with E-state index in [-0.39, 0.29) is 5.71 Å². The van der Waals surface area contributed by atoms with Gasteiger partial charge >= 0.3 is 0 Å². The van der Waals surface area contributed by atoms with Gasteiger partial charge in [0.25, 0.3) is 0 Å². The molecular weight excluding hydrogens is 414 g/mol. The van der Waals surface area contributed by atoms with E-state index in [2.05, 4.69) is 22.0 Å². The Morgan fingerprint density at radius 1 is 1.12 bits per heavy atom. The molecule has 0 spiro atoms. The maximum Gasteiger partial charge on any atom is 0.212 e. The van der Waals surface area contributed by atoms with E-state index in [0.29, 0.717) is 22.8 Å². The van der Waals surface area contributed by atoms with Crippen LogP contribution in [0.1, 0.15) is 16.7 Å². The van der Waals surface area contributed by atoms with Crippen molar-refractivity contribution in [3.63, 3.8) is 0 Å². The largest absolute Gasteiger partial charge is 0.481 e. The van der Waals surface area contributed by atoms with Gasteiger partial charge in [0.15, 0.2) is 0 Å². The van der Waals surface area contributed by atoms with E-state index >= 15 is 0 Å². The average molecular weight is 444 g/mol. The van der Waals surface area contributed by atoms with Crippen LogP contribution in [0, 0.1) is 5.41 Å². The summed E-state index contributed by atoms with van der Waals surface area (Å²) < 4.78 is 10.6. The zero-order valence-corrected chi connectivity index (χ0v) is 18.8. The number of nitrogens with two attached hydrogens (primary N) is 2. The zero-order valence-electron chi connectivity index (χ0n) is 18.8. The van der Waals surface area contributed by atoms with Crippen LogP contribution in [0.25, 0.3) is 17.2 Å². The van der Waals surface area contributed by atoms with Crippen molar-refractivity contribution in [2.24, 2.45) is 5.73 Å². The number of morpholine rings is 1. The number of methoxy groups -OCH3 is 1. The van der Waals surface area contributed by atoms with E-state index in [1.807, 2.05) is 36.4 Å². The average Bonchev–Trinajstić information content (AvgIpc) is 2.85. The van der Waals surface area contributed by atoms with Crippen LogP contribution < -0.4 is 16.2 Å². The number of nitrogens with one attached hydrogen (secondary N) is 1. The number of benzene rings is 2. The fourth-order valence-corrected chi connectivity index (χ4v) is 3.83. The van der Waals surface area contributed by atoms with Crippen molar-refractivity contribution in [3.05, 3.63) is 83.2 Å². The molecule has 5 N–H and O–H groups in total. The van der Waals surface area contributed by atoms with Crippen LogP contribution in [-0.4, -0.2) is 49.0 Å². The second-order valence-corrected chi connectivity index (χ2v) is 8.00. The minimum Gasteiger partial charge on any atom is -0.481 e. The molecule has 0 amide bonds. The first-order valence-corrected chi connectivity index (χ1v) is 10.9. The summed E-state index contributed by atoms with van der Waals surface area (Å²) in [5.74, 6) is 0.546. The number of ether oxygens (including phenoxy) is 2. The van der Waals surface area contributed by atoms with Crippen molar-refractivity contribution in [3.8, 4) is 17.0 Å². The monoisotopic (exact) mass is 443 g/mol. The molecule has 1 aliphatic heterocycles. The normalized spacial score (nSPS) is 14.8. The molecule has 1 aromatic heterocycles. The molecule has 1 fully saturated rings. The minimum atomic E-state index is 0.189. The Hall–Kier alpha value is -3.68. The van der Waals surface area contributed by atoms with Crippen molar-refractivity contribution in [1.29, 1.82) is 5.41 Å². The molecule has 0 unspecified atom stereocenters. The van der Waals surface area contributed by atoms with Gasteiger partial charge in [0.1, 0.15) is 0 Å². The van der Waals surface area contributed by atoms with Crippen LogP contribution in [0.4, 0.5) is 5.69 Å². The predicted octanol–water partition coefficient (Wildman–Crippen LogP) is 3.54. The Labute approximate surface area is 194 Å². The lowest BCUT2D eigenvalue weighted by molar-refractivity contribution is 0.0342. The van der Waals surface area contributed by atoms with Gasteiger partial charge in [-0.25, -0.2) is 4.98 Å². The number of allylic oxidation sites excluding steroid dienone is 1. The third kappa shape index (κ3) is 5.58. The quantitative estimate of drug-likeness (QED) is 0.381. The van der Waals surface area contributed by atoms with E-state index < -0.39 is 0 Å².